The molecule has 0 aromatic carbocycles. The zero-order valence-corrected chi connectivity index (χ0v) is 38.0. The van der Waals surface area contributed by atoms with E-state index >= 15 is 0 Å². The van der Waals surface area contributed by atoms with Gasteiger partial charge in [0, 0.05) is 13.2 Å². The fraction of sp³-hybridized carbons (Fsp3) is 0.958. The molecule has 334 valence electrons. The minimum Gasteiger partial charge on any atom is -0.466 e. The number of carbonyl (C=O) groups excluding carboxylic acids is 2. The lowest BCUT2D eigenvalue weighted by atomic mass is 10.0. The molecule has 0 radical (unpaired) electrons. The first-order valence-electron chi connectivity index (χ1n) is 24.5. The molecule has 0 aliphatic heterocycles. The molecular formula is C48H96N2O6. The maximum Gasteiger partial charge on any atom is 0.508 e. The van der Waals surface area contributed by atoms with Crippen LogP contribution in [0.2, 0.25) is 0 Å². The Kier molecular flexibility index (Phi) is 43.6. The normalized spacial score (nSPS) is 12.1. The Hall–Kier alpha value is -1.38. The molecule has 0 aliphatic rings. The summed E-state index contributed by atoms with van der Waals surface area (Å²) in [5.74, 6) is -0.0469. The summed E-state index contributed by atoms with van der Waals surface area (Å²) in [5.41, 5.74) is 0. The van der Waals surface area contributed by atoms with Gasteiger partial charge < -0.3 is 29.1 Å². The lowest BCUT2D eigenvalue weighted by Crippen LogP contribution is -2.29. The highest BCUT2D eigenvalue weighted by atomic mass is 16.7. The molecule has 0 aromatic heterocycles. The zero-order valence-electron chi connectivity index (χ0n) is 38.0. The Morgan fingerprint density at radius 2 is 0.786 bits per heavy atom. The first-order valence-corrected chi connectivity index (χ1v) is 24.5. The van der Waals surface area contributed by atoms with Gasteiger partial charge in [-0.1, -0.05) is 143 Å². The van der Waals surface area contributed by atoms with Crippen molar-refractivity contribution < 1.29 is 28.9 Å². The lowest BCUT2D eigenvalue weighted by Gasteiger charge is -2.22. The van der Waals surface area contributed by atoms with Gasteiger partial charge in [-0.05, 0) is 116 Å². The van der Waals surface area contributed by atoms with Gasteiger partial charge in [0.25, 0.3) is 0 Å². The molecule has 0 aliphatic carbocycles. The molecule has 0 bridgehead atoms. The second kappa shape index (κ2) is 44.7. The molecule has 0 amide bonds. The molecule has 56 heavy (non-hydrogen) atoms. The predicted molar refractivity (Wildman–Crippen MR) is 238 cm³/mol. The maximum absolute atomic E-state index is 12.5. The maximum atomic E-state index is 12.5. The first kappa shape index (κ1) is 54.6. The van der Waals surface area contributed by atoms with Gasteiger partial charge in [-0.25, -0.2) is 4.79 Å². The van der Waals surface area contributed by atoms with Crippen LogP contribution in [0.1, 0.15) is 233 Å². The van der Waals surface area contributed by atoms with E-state index in [4.69, 9.17) is 14.2 Å². The summed E-state index contributed by atoms with van der Waals surface area (Å²) in [5, 5.41) is 9.31. The van der Waals surface area contributed by atoms with E-state index in [1.807, 2.05) is 0 Å². The van der Waals surface area contributed by atoms with Gasteiger partial charge >= 0.3 is 12.1 Å². The molecule has 0 saturated carbocycles. The van der Waals surface area contributed by atoms with E-state index in [1.54, 1.807) is 0 Å². The van der Waals surface area contributed by atoms with Gasteiger partial charge in [0.05, 0.1) is 19.6 Å². The Balaban J connectivity index is 4.29. The molecule has 0 fully saturated rings. The van der Waals surface area contributed by atoms with Crippen LogP contribution in [0.4, 0.5) is 4.79 Å². The first-order chi connectivity index (χ1) is 27.5. The summed E-state index contributed by atoms with van der Waals surface area (Å²) in [6, 6.07) is 0. The third kappa shape index (κ3) is 39.4. The van der Waals surface area contributed by atoms with Gasteiger partial charge in [0.1, 0.15) is 6.10 Å². The van der Waals surface area contributed by atoms with Crippen molar-refractivity contribution in [3.05, 3.63) is 0 Å². The van der Waals surface area contributed by atoms with Crippen LogP contribution < -0.4 is 0 Å². The Labute approximate surface area is 348 Å². The highest BCUT2D eigenvalue weighted by Crippen LogP contribution is 2.17. The molecule has 8 nitrogen and oxygen atoms in total. The summed E-state index contributed by atoms with van der Waals surface area (Å²) in [4.78, 5) is 30.1. The monoisotopic (exact) mass is 797 g/mol. The summed E-state index contributed by atoms with van der Waals surface area (Å²) in [6.07, 6.45) is 36.1. The highest BCUT2D eigenvalue weighted by Gasteiger charge is 2.16. The van der Waals surface area contributed by atoms with Gasteiger partial charge in [-0.2, -0.15) is 0 Å². The number of hydrogen-bond donors (Lipinski definition) is 1. The second-order valence-corrected chi connectivity index (χ2v) is 16.6. The molecule has 0 saturated heterocycles. The number of unbranched alkanes of at least 4 members (excludes halogenated alkanes) is 22. The topological polar surface area (TPSA) is 88.5 Å². The molecule has 1 unspecified atom stereocenters. The molecule has 1 atom stereocenters. The van der Waals surface area contributed by atoms with Gasteiger partial charge in [-0.3, -0.25) is 4.79 Å². The smallest absolute Gasteiger partial charge is 0.466 e. The van der Waals surface area contributed by atoms with Crippen molar-refractivity contribution in [3.63, 3.8) is 0 Å². The average Bonchev–Trinajstić information content (AvgIpc) is 3.19. The van der Waals surface area contributed by atoms with Crippen molar-refractivity contribution in [2.45, 2.75) is 239 Å². The average molecular weight is 797 g/mol. The fourth-order valence-electron chi connectivity index (χ4n) is 7.45. The molecule has 0 aromatic rings. The molecule has 1 N–H and O–H groups in total. The van der Waals surface area contributed by atoms with E-state index in [0.29, 0.717) is 19.6 Å². The van der Waals surface area contributed by atoms with Crippen molar-refractivity contribution >= 4 is 12.1 Å². The Morgan fingerprint density at radius 1 is 0.429 bits per heavy atom. The van der Waals surface area contributed by atoms with Crippen LogP contribution >= 0.6 is 0 Å². The van der Waals surface area contributed by atoms with E-state index in [1.165, 1.54) is 116 Å². The molecule has 8 heteroatoms. The number of ether oxygens (including phenoxy) is 3. The van der Waals surface area contributed by atoms with Crippen LogP contribution in [0.15, 0.2) is 0 Å². The molecule has 0 heterocycles. The zero-order chi connectivity index (χ0) is 41.0. The summed E-state index contributed by atoms with van der Waals surface area (Å²) >= 11 is 0. The quantitative estimate of drug-likeness (QED) is 0.0481. The van der Waals surface area contributed by atoms with Crippen LogP contribution in [0.25, 0.3) is 0 Å². The summed E-state index contributed by atoms with van der Waals surface area (Å²) < 4.78 is 16.9. The number of nitrogens with zero attached hydrogens (tertiary/aromatic N) is 2. The number of carbonyl (C=O) groups is 2. The van der Waals surface area contributed by atoms with E-state index in [2.05, 4.69) is 37.5 Å². The summed E-state index contributed by atoms with van der Waals surface area (Å²) in [6.45, 7) is 16.3. The van der Waals surface area contributed by atoms with E-state index in [-0.39, 0.29) is 18.7 Å². The standard InChI is InChI=1S/C48H96N2O6/c1-5-9-13-17-19-25-35-46(34-24-15-11-7-3)56-48(53)55-45-33-23-29-38-49(41-30-31-43-51)37-28-21-22-32-44-54-47(52)36-42-50(39-26-16-12-8-4)40-27-20-18-14-10-6-2/h46,51H,5-45H2,1-4H3. The highest BCUT2D eigenvalue weighted by molar-refractivity contribution is 5.69. The number of aliphatic hydroxyl groups excluding tert-OH is 1. The summed E-state index contributed by atoms with van der Waals surface area (Å²) in [7, 11) is 0. The fourth-order valence-corrected chi connectivity index (χ4v) is 7.45. The number of aliphatic hydroxyl groups is 1. The number of hydrogen-bond acceptors (Lipinski definition) is 8. The van der Waals surface area contributed by atoms with Crippen molar-refractivity contribution in [3.8, 4) is 0 Å². The molecule has 0 spiro atoms. The van der Waals surface area contributed by atoms with Crippen molar-refractivity contribution in [2.75, 3.05) is 59.1 Å². The molecule has 0 rings (SSSR count). The van der Waals surface area contributed by atoms with E-state index in [9.17, 15) is 14.7 Å². The van der Waals surface area contributed by atoms with E-state index in [0.717, 1.165) is 123 Å². The number of esters is 1. The van der Waals surface area contributed by atoms with Crippen molar-refractivity contribution in [1.82, 2.24) is 9.80 Å². The van der Waals surface area contributed by atoms with Crippen molar-refractivity contribution in [2.24, 2.45) is 0 Å². The van der Waals surface area contributed by atoms with Crippen LogP contribution in [-0.2, 0) is 19.0 Å². The lowest BCUT2D eigenvalue weighted by molar-refractivity contribution is -0.144. The Bertz CT molecular complexity index is 815. The van der Waals surface area contributed by atoms with Crippen LogP contribution in [-0.4, -0.2) is 92.2 Å². The van der Waals surface area contributed by atoms with Gasteiger partial charge in [0.15, 0.2) is 0 Å². The third-order valence-corrected chi connectivity index (χ3v) is 11.2. The van der Waals surface area contributed by atoms with Gasteiger partial charge in [-0.15, -0.1) is 0 Å². The van der Waals surface area contributed by atoms with Gasteiger partial charge in [0.2, 0.25) is 0 Å². The van der Waals surface area contributed by atoms with Crippen molar-refractivity contribution in [1.29, 1.82) is 0 Å². The largest absolute Gasteiger partial charge is 0.508 e. The van der Waals surface area contributed by atoms with Crippen LogP contribution in [0.5, 0.6) is 0 Å². The second-order valence-electron chi connectivity index (χ2n) is 16.6. The van der Waals surface area contributed by atoms with Crippen LogP contribution in [0, 0.1) is 0 Å². The Morgan fingerprint density at radius 3 is 1.29 bits per heavy atom. The number of rotatable bonds is 45. The minimum absolute atomic E-state index is 0.0152. The predicted octanol–water partition coefficient (Wildman–Crippen LogP) is 13.2. The van der Waals surface area contributed by atoms with E-state index < -0.39 is 6.16 Å². The minimum atomic E-state index is -0.490. The third-order valence-electron chi connectivity index (χ3n) is 11.2. The SMILES string of the molecule is CCCCCCCCC(CCCCCC)OC(=O)OCCCCCN(CCCCO)CCCCCCOC(=O)CCN(CCCCCC)CCCCCCCC. The van der Waals surface area contributed by atoms with Crippen LogP contribution in [0.3, 0.4) is 0 Å². The molecular weight excluding hydrogens is 701 g/mol.